The standard InChI is InChI=1S/C8H9BO3/c1-2-4-6(10)3-5(9)8(12)7(4)11/h3,10-12H,2H2,1H3. The molecule has 0 amide bonds. The van der Waals surface area contributed by atoms with Gasteiger partial charge >= 0.3 is 0 Å². The summed E-state index contributed by atoms with van der Waals surface area (Å²) in [5, 5.41) is 27.7. The summed E-state index contributed by atoms with van der Waals surface area (Å²) in [4.78, 5) is 0. The summed E-state index contributed by atoms with van der Waals surface area (Å²) in [5.74, 6) is -0.801. The smallest absolute Gasteiger partial charge is 0.163 e. The number of phenols is 3. The van der Waals surface area contributed by atoms with E-state index in [4.69, 9.17) is 13.0 Å². The van der Waals surface area contributed by atoms with Crippen molar-refractivity contribution in [3.05, 3.63) is 11.6 Å². The molecule has 0 aromatic heterocycles. The minimum atomic E-state index is -0.371. The highest BCUT2D eigenvalue weighted by molar-refractivity contribution is 6.34. The lowest BCUT2D eigenvalue weighted by Crippen LogP contribution is -2.03. The predicted molar refractivity (Wildman–Crippen MR) is 46.2 cm³/mol. The van der Waals surface area contributed by atoms with Gasteiger partial charge in [-0.1, -0.05) is 6.92 Å². The van der Waals surface area contributed by atoms with Crippen molar-refractivity contribution in [3.63, 3.8) is 0 Å². The van der Waals surface area contributed by atoms with E-state index in [0.29, 0.717) is 12.0 Å². The molecule has 0 saturated heterocycles. The zero-order valence-corrected chi connectivity index (χ0v) is 6.70. The van der Waals surface area contributed by atoms with E-state index in [1.807, 2.05) is 0 Å². The van der Waals surface area contributed by atoms with Gasteiger partial charge in [-0.15, -0.1) is 0 Å². The lowest BCUT2D eigenvalue weighted by atomic mass is 9.92. The van der Waals surface area contributed by atoms with Gasteiger partial charge in [-0.05, 0) is 17.9 Å². The van der Waals surface area contributed by atoms with Crippen molar-refractivity contribution >= 4 is 13.3 Å². The maximum atomic E-state index is 9.27. The Kier molecular flexibility index (Phi) is 2.17. The number of phenolic OH excluding ortho intramolecular Hbond substituents is 3. The first kappa shape index (κ1) is 8.78. The highest BCUT2D eigenvalue weighted by Gasteiger charge is 2.11. The molecule has 3 N–H and O–H groups in total. The molecule has 4 heteroatoms. The van der Waals surface area contributed by atoms with Gasteiger partial charge < -0.3 is 15.3 Å². The molecule has 0 fully saturated rings. The van der Waals surface area contributed by atoms with Gasteiger partial charge in [0.2, 0.25) is 0 Å². The van der Waals surface area contributed by atoms with Gasteiger partial charge in [0.15, 0.2) is 11.5 Å². The Labute approximate surface area is 71.7 Å². The molecular formula is C8H9BO3. The zero-order chi connectivity index (χ0) is 9.30. The molecule has 1 aromatic rings. The molecule has 0 bridgehead atoms. The Hall–Kier alpha value is -1.32. The molecule has 2 radical (unpaired) electrons. The van der Waals surface area contributed by atoms with Crippen LogP contribution in [0.25, 0.3) is 0 Å². The van der Waals surface area contributed by atoms with Crippen LogP contribution < -0.4 is 5.46 Å². The molecule has 0 aliphatic rings. The largest absolute Gasteiger partial charge is 0.508 e. The van der Waals surface area contributed by atoms with E-state index in [1.165, 1.54) is 6.07 Å². The van der Waals surface area contributed by atoms with Gasteiger partial charge in [0, 0.05) is 5.56 Å². The summed E-state index contributed by atoms with van der Waals surface area (Å²) in [5.41, 5.74) is 0.281. The maximum Gasteiger partial charge on any atom is 0.163 e. The van der Waals surface area contributed by atoms with Crippen LogP contribution in [0.5, 0.6) is 17.2 Å². The van der Waals surface area contributed by atoms with Crippen molar-refractivity contribution in [3.8, 4) is 17.2 Å². The fraction of sp³-hybridized carbons (Fsp3) is 0.250. The van der Waals surface area contributed by atoms with E-state index in [1.54, 1.807) is 6.92 Å². The quantitative estimate of drug-likeness (QED) is 0.314. The Morgan fingerprint density at radius 3 is 2.33 bits per heavy atom. The number of hydrogen-bond donors (Lipinski definition) is 3. The van der Waals surface area contributed by atoms with Crippen LogP contribution in [0.2, 0.25) is 0 Å². The average molecular weight is 164 g/mol. The van der Waals surface area contributed by atoms with Crippen LogP contribution in [0.4, 0.5) is 0 Å². The molecule has 62 valence electrons. The molecule has 0 atom stereocenters. The van der Waals surface area contributed by atoms with Crippen molar-refractivity contribution in [2.75, 3.05) is 0 Å². The van der Waals surface area contributed by atoms with Gasteiger partial charge in [0.05, 0.1) is 0 Å². The van der Waals surface area contributed by atoms with Crippen LogP contribution in [0, 0.1) is 0 Å². The maximum absolute atomic E-state index is 9.27. The van der Waals surface area contributed by atoms with Crippen LogP contribution in [0.1, 0.15) is 12.5 Å². The Morgan fingerprint density at radius 1 is 1.25 bits per heavy atom. The third-order valence-electron chi connectivity index (χ3n) is 1.74. The first-order chi connectivity index (χ1) is 5.57. The summed E-state index contributed by atoms with van der Waals surface area (Å²) in [6, 6.07) is 1.22. The molecule has 1 aromatic carbocycles. The number of aromatic hydroxyl groups is 3. The Balaban J connectivity index is 3.40. The highest BCUT2D eigenvalue weighted by Crippen LogP contribution is 2.33. The number of rotatable bonds is 1. The summed E-state index contributed by atoms with van der Waals surface area (Å²) >= 11 is 0. The minimum absolute atomic E-state index is 0.0257. The molecule has 1 rings (SSSR count). The summed E-state index contributed by atoms with van der Waals surface area (Å²) in [6.07, 6.45) is 0.436. The van der Waals surface area contributed by atoms with E-state index in [2.05, 4.69) is 0 Å². The van der Waals surface area contributed by atoms with E-state index in [-0.39, 0.29) is 22.7 Å². The second kappa shape index (κ2) is 2.97. The van der Waals surface area contributed by atoms with E-state index in [9.17, 15) is 10.2 Å². The molecule has 0 saturated carbocycles. The molecule has 0 aliphatic carbocycles. The van der Waals surface area contributed by atoms with Crippen LogP contribution in [0.15, 0.2) is 6.07 Å². The third kappa shape index (κ3) is 1.20. The van der Waals surface area contributed by atoms with Gasteiger partial charge in [0.25, 0.3) is 0 Å². The normalized spacial score (nSPS) is 10.1. The van der Waals surface area contributed by atoms with Gasteiger partial charge in [-0.25, -0.2) is 0 Å². The Morgan fingerprint density at radius 2 is 1.83 bits per heavy atom. The van der Waals surface area contributed by atoms with E-state index in [0.717, 1.165) is 0 Å². The Bertz CT molecular complexity index is 310. The minimum Gasteiger partial charge on any atom is -0.508 e. The molecule has 0 unspecified atom stereocenters. The van der Waals surface area contributed by atoms with Crippen LogP contribution in [-0.2, 0) is 6.42 Å². The van der Waals surface area contributed by atoms with E-state index >= 15 is 0 Å². The van der Waals surface area contributed by atoms with E-state index < -0.39 is 0 Å². The van der Waals surface area contributed by atoms with Crippen LogP contribution in [-0.4, -0.2) is 23.2 Å². The molecule has 0 heterocycles. The summed E-state index contributed by atoms with van der Waals surface area (Å²) in [7, 11) is 5.28. The number of hydrogen-bond acceptors (Lipinski definition) is 3. The third-order valence-corrected chi connectivity index (χ3v) is 1.74. The fourth-order valence-corrected chi connectivity index (χ4v) is 1.05. The van der Waals surface area contributed by atoms with Crippen molar-refractivity contribution in [1.82, 2.24) is 0 Å². The second-order valence-corrected chi connectivity index (χ2v) is 2.51. The predicted octanol–water partition coefficient (Wildman–Crippen LogP) is 0.160. The van der Waals surface area contributed by atoms with Gasteiger partial charge in [-0.3, -0.25) is 0 Å². The topological polar surface area (TPSA) is 60.7 Å². The lowest BCUT2D eigenvalue weighted by molar-refractivity contribution is 0.393. The molecule has 12 heavy (non-hydrogen) atoms. The molecule has 3 nitrogen and oxygen atoms in total. The van der Waals surface area contributed by atoms with Crippen LogP contribution in [0.3, 0.4) is 0 Å². The second-order valence-electron chi connectivity index (χ2n) is 2.51. The lowest BCUT2D eigenvalue weighted by Gasteiger charge is -2.08. The monoisotopic (exact) mass is 164 g/mol. The molecule has 0 aliphatic heterocycles. The first-order valence-electron chi connectivity index (χ1n) is 3.60. The highest BCUT2D eigenvalue weighted by atomic mass is 16.3. The number of benzene rings is 1. The van der Waals surface area contributed by atoms with Crippen LogP contribution >= 0.6 is 0 Å². The van der Waals surface area contributed by atoms with Gasteiger partial charge in [0.1, 0.15) is 13.6 Å². The SMILES string of the molecule is [B]c1cc(O)c(CC)c(O)c1O. The molecule has 0 spiro atoms. The van der Waals surface area contributed by atoms with Crippen molar-refractivity contribution < 1.29 is 15.3 Å². The van der Waals surface area contributed by atoms with Gasteiger partial charge in [-0.2, -0.15) is 0 Å². The zero-order valence-electron chi connectivity index (χ0n) is 6.70. The van der Waals surface area contributed by atoms with Crippen molar-refractivity contribution in [2.24, 2.45) is 0 Å². The summed E-state index contributed by atoms with van der Waals surface area (Å²) < 4.78 is 0. The average Bonchev–Trinajstić information content (AvgIpc) is 2.01. The molecular weight excluding hydrogens is 155 g/mol. The fourth-order valence-electron chi connectivity index (χ4n) is 1.05. The van der Waals surface area contributed by atoms with Crippen molar-refractivity contribution in [1.29, 1.82) is 0 Å². The first-order valence-corrected chi connectivity index (χ1v) is 3.60. The van der Waals surface area contributed by atoms with Crippen molar-refractivity contribution in [2.45, 2.75) is 13.3 Å². The summed E-state index contributed by atoms with van der Waals surface area (Å²) in [6.45, 7) is 1.75.